The topological polar surface area (TPSA) is 109 Å². The number of aliphatic hydroxyl groups is 1. The largest absolute Gasteiger partial charge is 0.396 e. The average molecular weight is 494 g/mol. The van der Waals surface area contributed by atoms with Gasteiger partial charge in [0.2, 0.25) is 0 Å². The molecule has 2 amide bonds. The van der Waals surface area contributed by atoms with Gasteiger partial charge in [-0.15, -0.1) is 0 Å². The van der Waals surface area contributed by atoms with Gasteiger partial charge in [-0.3, -0.25) is 9.59 Å². The Morgan fingerprint density at radius 2 is 1.88 bits per heavy atom. The quantitative estimate of drug-likeness (QED) is 0.557. The Morgan fingerprint density at radius 1 is 1.18 bits per heavy atom. The second-order valence-corrected chi connectivity index (χ2v) is 12.0. The summed E-state index contributed by atoms with van der Waals surface area (Å²) >= 11 is 5.89. The van der Waals surface area contributed by atoms with Gasteiger partial charge in [-0.05, 0) is 56.0 Å². The van der Waals surface area contributed by atoms with Crippen molar-refractivity contribution in [1.29, 1.82) is 0 Å². The molecule has 2 aliphatic rings. The van der Waals surface area contributed by atoms with Crippen LogP contribution in [0.2, 0.25) is 5.02 Å². The molecule has 1 aromatic carbocycles. The molecular weight excluding hydrogens is 466 g/mol. The highest BCUT2D eigenvalue weighted by atomic mass is 35.5. The lowest BCUT2D eigenvalue weighted by Crippen LogP contribution is -2.48. The van der Waals surface area contributed by atoms with Gasteiger partial charge < -0.3 is 19.9 Å². The van der Waals surface area contributed by atoms with Gasteiger partial charge in [0, 0.05) is 37.8 Å². The zero-order valence-corrected chi connectivity index (χ0v) is 20.0. The first-order chi connectivity index (χ1) is 15.7. The zero-order valence-electron chi connectivity index (χ0n) is 18.5. The number of hydrogen-bond acceptors (Lipinski definition) is 5. The molecule has 2 heterocycles. The Labute approximate surface area is 198 Å². The molecule has 2 aromatic rings. The summed E-state index contributed by atoms with van der Waals surface area (Å²) in [6.45, 7) is 2.67. The molecule has 4 rings (SSSR count). The van der Waals surface area contributed by atoms with Crippen LogP contribution in [0.3, 0.4) is 0 Å². The number of amides is 2. The van der Waals surface area contributed by atoms with Crippen molar-refractivity contribution in [3.05, 3.63) is 58.4 Å². The number of carbonyl (C=O) groups excluding carboxylic acids is 2. The van der Waals surface area contributed by atoms with E-state index in [-0.39, 0.29) is 31.4 Å². The maximum Gasteiger partial charge on any atom is 0.270 e. The van der Waals surface area contributed by atoms with Gasteiger partial charge in [0.1, 0.15) is 11.4 Å². The van der Waals surface area contributed by atoms with Gasteiger partial charge in [0.25, 0.3) is 11.8 Å². The van der Waals surface area contributed by atoms with Crippen LogP contribution in [-0.4, -0.2) is 64.5 Å². The minimum absolute atomic E-state index is 0.146. The zero-order chi connectivity index (χ0) is 23.8. The van der Waals surface area contributed by atoms with Crippen LogP contribution in [0.5, 0.6) is 0 Å². The summed E-state index contributed by atoms with van der Waals surface area (Å²) in [5.74, 6) is -0.550. The van der Waals surface area contributed by atoms with Crippen LogP contribution in [0.1, 0.15) is 52.7 Å². The standard InChI is InChI=1S/C23H28ClN3O5S/c1-16(8-13-28)33(31,32)23(9-10-23)15-26-11-12-27-19(6-7-20(27)22(26)30)21(29)25-14-17-2-4-18(24)5-3-17/h2-7,16,28H,8-15H2,1H3,(H,25,29)/t16-/m1/s1. The van der Waals surface area contributed by atoms with Gasteiger partial charge in [-0.1, -0.05) is 23.7 Å². The number of nitrogens with zero attached hydrogens (tertiary/aromatic N) is 2. The van der Waals surface area contributed by atoms with Gasteiger partial charge in [-0.25, -0.2) is 8.42 Å². The molecule has 2 N–H and O–H groups in total. The minimum atomic E-state index is -3.47. The van der Waals surface area contributed by atoms with Crippen molar-refractivity contribution in [2.75, 3.05) is 19.7 Å². The average Bonchev–Trinajstić information content (AvgIpc) is 3.46. The molecule has 1 aromatic heterocycles. The van der Waals surface area contributed by atoms with E-state index in [1.807, 2.05) is 12.1 Å². The van der Waals surface area contributed by atoms with Crippen LogP contribution in [0, 0.1) is 0 Å². The van der Waals surface area contributed by atoms with E-state index in [4.69, 9.17) is 16.7 Å². The summed E-state index contributed by atoms with van der Waals surface area (Å²) in [5.41, 5.74) is 1.69. The summed E-state index contributed by atoms with van der Waals surface area (Å²) in [6, 6.07) is 10.4. The van der Waals surface area contributed by atoms with E-state index in [9.17, 15) is 18.0 Å². The van der Waals surface area contributed by atoms with Gasteiger partial charge in [0.05, 0.1) is 10.00 Å². The number of sulfone groups is 1. The number of fused-ring (bicyclic) bond motifs is 1. The molecule has 1 atom stereocenters. The van der Waals surface area contributed by atoms with Crippen LogP contribution in [-0.2, 0) is 22.9 Å². The van der Waals surface area contributed by atoms with Crippen LogP contribution in [0.25, 0.3) is 0 Å². The molecule has 178 valence electrons. The second kappa shape index (κ2) is 9.12. The van der Waals surface area contributed by atoms with E-state index in [1.165, 1.54) is 0 Å². The van der Waals surface area contributed by atoms with E-state index in [1.54, 1.807) is 40.7 Å². The molecular formula is C23H28ClN3O5S. The monoisotopic (exact) mass is 493 g/mol. The van der Waals surface area contributed by atoms with E-state index >= 15 is 0 Å². The Morgan fingerprint density at radius 3 is 2.52 bits per heavy atom. The van der Waals surface area contributed by atoms with Crippen molar-refractivity contribution in [3.63, 3.8) is 0 Å². The smallest absolute Gasteiger partial charge is 0.270 e. The van der Waals surface area contributed by atoms with Crippen molar-refractivity contribution in [1.82, 2.24) is 14.8 Å². The second-order valence-electron chi connectivity index (χ2n) is 8.84. The summed E-state index contributed by atoms with van der Waals surface area (Å²) < 4.78 is 26.8. The predicted octanol–water partition coefficient (Wildman–Crippen LogP) is 2.25. The van der Waals surface area contributed by atoms with Gasteiger partial charge >= 0.3 is 0 Å². The molecule has 1 aliphatic carbocycles. The Hall–Kier alpha value is -2.36. The van der Waals surface area contributed by atoms with Crippen molar-refractivity contribution < 1.29 is 23.1 Å². The molecule has 8 nitrogen and oxygen atoms in total. The SMILES string of the molecule is C[C@H](CCO)S(=O)(=O)C1(CN2CCn3c(C(=O)NCc4ccc(Cl)cc4)ccc3C2=O)CC1. The maximum absolute atomic E-state index is 13.1. The van der Waals surface area contributed by atoms with Crippen LogP contribution in [0.15, 0.2) is 36.4 Å². The Balaban J connectivity index is 1.44. The first-order valence-electron chi connectivity index (χ1n) is 11.0. The van der Waals surface area contributed by atoms with Crippen molar-refractivity contribution in [3.8, 4) is 0 Å². The van der Waals surface area contributed by atoms with E-state index < -0.39 is 19.8 Å². The molecule has 0 spiro atoms. The van der Waals surface area contributed by atoms with Gasteiger partial charge in [0.15, 0.2) is 9.84 Å². The molecule has 0 bridgehead atoms. The first-order valence-corrected chi connectivity index (χ1v) is 13.0. The molecule has 33 heavy (non-hydrogen) atoms. The number of nitrogens with one attached hydrogen (secondary N) is 1. The lowest BCUT2D eigenvalue weighted by atomic mass is 10.2. The predicted molar refractivity (Wildman–Crippen MR) is 125 cm³/mol. The summed E-state index contributed by atoms with van der Waals surface area (Å²) in [6.07, 6.45) is 1.23. The van der Waals surface area contributed by atoms with Crippen LogP contribution < -0.4 is 5.32 Å². The number of benzene rings is 1. The number of rotatable bonds is 9. The molecule has 0 radical (unpaired) electrons. The van der Waals surface area contributed by atoms with E-state index in [0.717, 1.165) is 5.56 Å². The Bertz CT molecular complexity index is 1160. The lowest BCUT2D eigenvalue weighted by molar-refractivity contribution is 0.0698. The fourth-order valence-electron chi connectivity index (χ4n) is 4.39. The third-order valence-electron chi connectivity index (χ3n) is 6.64. The number of carbonyl (C=O) groups is 2. The number of aliphatic hydroxyl groups excluding tert-OH is 1. The molecule has 0 saturated heterocycles. The number of aromatic nitrogens is 1. The lowest BCUT2D eigenvalue weighted by Gasteiger charge is -2.33. The van der Waals surface area contributed by atoms with Crippen LogP contribution >= 0.6 is 11.6 Å². The fourth-order valence-corrected chi connectivity index (χ4v) is 6.79. The summed E-state index contributed by atoms with van der Waals surface area (Å²) in [4.78, 5) is 27.4. The maximum atomic E-state index is 13.1. The van der Waals surface area contributed by atoms with Crippen molar-refractivity contribution >= 4 is 33.3 Å². The highest BCUT2D eigenvalue weighted by Gasteiger charge is 2.57. The number of hydrogen-bond donors (Lipinski definition) is 2. The molecule has 1 aliphatic heterocycles. The van der Waals surface area contributed by atoms with Crippen molar-refractivity contribution in [2.24, 2.45) is 0 Å². The molecule has 1 fully saturated rings. The third-order valence-corrected chi connectivity index (χ3v) is 9.93. The highest BCUT2D eigenvalue weighted by Crippen LogP contribution is 2.47. The van der Waals surface area contributed by atoms with Crippen LogP contribution in [0.4, 0.5) is 0 Å². The van der Waals surface area contributed by atoms with Crippen molar-refractivity contribution in [2.45, 2.75) is 49.3 Å². The van der Waals surface area contributed by atoms with E-state index in [0.29, 0.717) is 48.9 Å². The third kappa shape index (κ3) is 4.54. The van der Waals surface area contributed by atoms with Gasteiger partial charge in [-0.2, -0.15) is 0 Å². The summed E-state index contributed by atoms with van der Waals surface area (Å²) in [5, 5.41) is 12.0. The van der Waals surface area contributed by atoms with E-state index in [2.05, 4.69) is 5.32 Å². The molecule has 0 unspecified atom stereocenters. The molecule has 10 heteroatoms. The number of halogens is 1. The highest BCUT2D eigenvalue weighted by molar-refractivity contribution is 7.93. The Kier molecular flexibility index (Phi) is 6.57. The molecule has 1 saturated carbocycles. The normalized spacial score (nSPS) is 18.0. The fraction of sp³-hybridized carbons (Fsp3) is 0.478. The minimum Gasteiger partial charge on any atom is -0.396 e. The first kappa shape index (κ1) is 23.8. The summed E-state index contributed by atoms with van der Waals surface area (Å²) in [7, 11) is -3.47.